The number of nitrogens with one attached hydrogen (secondary N) is 2. The van der Waals surface area contributed by atoms with Gasteiger partial charge in [0.15, 0.2) is 0 Å². The molecule has 1 rings (SSSR count). The zero-order valence-electron chi connectivity index (χ0n) is 20.0. The van der Waals surface area contributed by atoms with E-state index in [0.717, 1.165) is 45.8 Å². The molecule has 0 aromatic heterocycles. The molecule has 0 spiro atoms. The average molecular weight is 431 g/mol. The van der Waals surface area contributed by atoms with Gasteiger partial charge in [-0.2, -0.15) is 0 Å². The van der Waals surface area contributed by atoms with Gasteiger partial charge in [0.1, 0.15) is 0 Å². The van der Waals surface area contributed by atoms with E-state index in [1.54, 1.807) is 6.92 Å². The van der Waals surface area contributed by atoms with E-state index in [2.05, 4.69) is 29.4 Å². The number of aliphatic carboxylic acids is 1. The summed E-state index contributed by atoms with van der Waals surface area (Å²) < 4.78 is 0. The van der Waals surface area contributed by atoms with E-state index in [1.807, 2.05) is 4.90 Å². The number of aliphatic hydroxyl groups excluding tert-OH is 1. The zero-order chi connectivity index (χ0) is 22.5. The highest BCUT2D eigenvalue weighted by Gasteiger charge is 2.14. The Morgan fingerprint density at radius 2 is 1.27 bits per heavy atom. The third kappa shape index (κ3) is 20.5. The van der Waals surface area contributed by atoms with Gasteiger partial charge in [-0.05, 0) is 6.92 Å². The summed E-state index contributed by atoms with van der Waals surface area (Å²) in [6.07, 6.45) is 11.1. The fraction of sp³-hybridized carbons (Fsp3) is 0.957. The maximum atomic E-state index is 10.9. The predicted molar refractivity (Wildman–Crippen MR) is 126 cm³/mol. The zero-order valence-corrected chi connectivity index (χ0v) is 20.0. The van der Waals surface area contributed by atoms with Crippen LogP contribution in [0.2, 0.25) is 0 Å². The van der Waals surface area contributed by atoms with E-state index < -0.39 is 5.97 Å². The van der Waals surface area contributed by atoms with Crippen LogP contribution in [0.4, 0.5) is 0 Å². The van der Waals surface area contributed by atoms with Gasteiger partial charge in [0.05, 0.1) is 12.6 Å². The molecule has 1 saturated heterocycles. The molecule has 4 N–H and O–H groups in total. The fourth-order valence-electron chi connectivity index (χ4n) is 3.52. The molecular weight excluding hydrogens is 380 g/mol. The molecule has 0 radical (unpaired) electrons. The molecule has 7 heteroatoms. The molecule has 1 aliphatic heterocycles. The maximum absolute atomic E-state index is 10.9. The lowest BCUT2D eigenvalue weighted by Crippen LogP contribution is -2.46. The summed E-state index contributed by atoms with van der Waals surface area (Å²) in [6.45, 7) is 13.6. The summed E-state index contributed by atoms with van der Waals surface area (Å²) in [7, 11) is 0. The van der Waals surface area contributed by atoms with Gasteiger partial charge in [-0.3, -0.25) is 14.6 Å². The Labute approximate surface area is 185 Å². The van der Waals surface area contributed by atoms with E-state index in [4.69, 9.17) is 5.11 Å². The topological polar surface area (TPSA) is 88.1 Å². The van der Waals surface area contributed by atoms with Crippen LogP contribution in [0.1, 0.15) is 72.1 Å². The van der Waals surface area contributed by atoms with Crippen molar-refractivity contribution in [3.05, 3.63) is 0 Å². The molecule has 30 heavy (non-hydrogen) atoms. The molecule has 7 nitrogen and oxygen atoms in total. The standard InChI is InChI=1S/C13H28N4O3.C10H22/c1-12(18)10-16-6-4-14-2-3-15-5-7-17(9-8-16)11-13(19)20;1-3-5-7-9-10-8-6-4-2/h12,14-15,18H,2-11H2,1H3,(H,19,20);3-10H2,1-2H3. The number of carboxylic acids is 1. The van der Waals surface area contributed by atoms with Gasteiger partial charge in [0, 0.05) is 58.9 Å². The Hall–Kier alpha value is -0.730. The quantitative estimate of drug-likeness (QED) is 0.374. The van der Waals surface area contributed by atoms with Gasteiger partial charge in [-0.15, -0.1) is 0 Å². The highest BCUT2D eigenvalue weighted by atomic mass is 16.4. The third-order valence-electron chi connectivity index (χ3n) is 5.26. The first-order valence-electron chi connectivity index (χ1n) is 12.3. The largest absolute Gasteiger partial charge is 0.480 e. The van der Waals surface area contributed by atoms with E-state index in [0.29, 0.717) is 13.1 Å². The molecule has 1 aliphatic rings. The van der Waals surface area contributed by atoms with Crippen LogP contribution in [0, 0.1) is 0 Å². The molecule has 1 atom stereocenters. The first-order valence-corrected chi connectivity index (χ1v) is 12.3. The van der Waals surface area contributed by atoms with Crippen molar-refractivity contribution in [3.63, 3.8) is 0 Å². The Balaban J connectivity index is 0.000000710. The number of nitrogens with zero attached hydrogens (tertiary/aromatic N) is 2. The smallest absolute Gasteiger partial charge is 0.317 e. The predicted octanol–water partition coefficient (Wildman–Crippen LogP) is 2.40. The van der Waals surface area contributed by atoms with Gasteiger partial charge < -0.3 is 20.8 Å². The number of rotatable bonds is 11. The van der Waals surface area contributed by atoms with Crippen LogP contribution in [-0.4, -0.2) is 97.5 Å². The molecule has 0 aromatic carbocycles. The molecule has 0 aromatic rings. The first-order chi connectivity index (χ1) is 14.5. The monoisotopic (exact) mass is 430 g/mol. The number of β-amino-alcohol motifs (C(OH)–C–C–N with tert-alkyl or cyclic N) is 1. The number of carbonyl (C=O) groups is 1. The second kappa shape index (κ2) is 21.5. The second-order valence-electron chi connectivity index (χ2n) is 8.44. The van der Waals surface area contributed by atoms with Crippen molar-refractivity contribution in [2.75, 3.05) is 65.4 Å². The Bertz CT molecular complexity index is 375. The van der Waals surface area contributed by atoms with Crippen molar-refractivity contribution in [2.24, 2.45) is 0 Å². The van der Waals surface area contributed by atoms with Crippen LogP contribution in [0.25, 0.3) is 0 Å². The van der Waals surface area contributed by atoms with Crippen LogP contribution < -0.4 is 10.6 Å². The van der Waals surface area contributed by atoms with Crippen LogP contribution in [0.15, 0.2) is 0 Å². The molecule has 1 unspecified atom stereocenters. The molecule has 180 valence electrons. The minimum Gasteiger partial charge on any atom is -0.480 e. The van der Waals surface area contributed by atoms with Crippen molar-refractivity contribution < 1.29 is 15.0 Å². The van der Waals surface area contributed by atoms with E-state index >= 15 is 0 Å². The van der Waals surface area contributed by atoms with Crippen LogP contribution >= 0.6 is 0 Å². The number of unbranched alkanes of at least 4 members (excludes halogenated alkanes) is 7. The minimum absolute atomic E-state index is 0.0719. The molecule has 0 aliphatic carbocycles. The minimum atomic E-state index is -0.791. The Kier molecular flexibility index (Phi) is 21.0. The normalized spacial score (nSPS) is 18.5. The van der Waals surface area contributed by atoms with Crippen molar-refractivity contribution in [1.29, 1.82) is 0 Å². The van der Waals surface area contributed by atoms with Crippen LogP contribution in [0.3, 0.4) is 0 Å². The lowest BCUT2D eigenvalue weighted by Gasteiger charge is -2.28. The number of hydrogen-bond donors (Lipinski definition) is 4. The fourth-order valence-corrected chi connectivity index (χ4v) is 3.52. The molecule has 0 saturated carbocycles. The van der Waals surface area contributed by atoms with Gasteiger partial charge in [0.2, 0.25) is 0 Å². The Morgan fingerprint density at radius 3 is 1.73 bits per heavy atom. The van der Waals surface area contributed by atoms with E-state index in [9.17, 15) is 9.90 Å². The third-order valence-corrected chi connectivity index (χ3v) is 5.26. The van der Waals surface area contributed by atoms with Gasteiger partial charge in [0.25, 0.3) is 0 Å². The van der Waals surface area contributed by atoms with Crippen molar-refractivity contribution >= 4 is 5.97 Å². The van der Waals surface area contributed by atoms with E-state index in [1.165, 1.54) is 51.4 Å². The Morgan fingerprint density at radius 1 is 0.800 bits per heavy atom. The van der Waals surface area contributed by atoms with Gasteiger partial charge in [-0.1, -0.05) is 65.2 Å². The molecule has 1 heterocycles. The molecule has 0 amide bonds. The molecule has 1 fully saturated rings. The lowest BCUT2D eigenvalue weighted by molar-refractivity contribution is -0.138. The second-order valence-corrected chi connectivity index (χ2v) is 8.44. The summed E-state index contributed by atoms with van der Waals surface area (Å²) in [6, 6.07) is 0. The lowest BCUT2D eigenvalue weighted by atomic mass is 10.1. The van der Waals surface area contributed by atoms with Crippen LogP contribution in [0.5, 0.6) is 0 Å². The summed E-state index contributed by atoms with van der Waals surface area (Å²) in [5, 5.41) is 25.1. The van der Waals surface area contributed by atoms with E-state index in [-0.39, 0.29) is 12.6 Å². The summed E-state index contributed by atoms with van der Waals surface area (Å²) in [5.41, 5.74) is 0. The molecule has 0 bridgehead atoms. The van der Waals surface area contributed by atoms with Crippen molar-refractivity contribution in [1.82, 2.24) is 20.4 Å². The number of hydrogen-bond acceptors (Lipinski definition) is 6. The van der Waals surface area contributed by atoms with Crippen molar-refractivity contribution in [2.45, 2.75) is 78.2 Å². The highest BCUT2D eigenvalue weighted by Crippen LogP contribution is 2.07. The first kappa shape index (κ1) is 29.3. The summed E-state index contributed by atoms with van der Waals surface area (Å²) in [4.78, 5) is 15.0. The molecular formula is C23H50N4O3. The van der Waals surface area contributed by atoms with Crippen LogP contribution in [-0.2, 0) is 4.79 Å². The van der Waals surface area contributed by atoms with Gasteiger partial charge >= 0.3 is 5.97 Å². The highest BCUT2D eigenvalue weighted by molar-refractivity contribution is 5.69. The summed E-state index contributed by atoms with van der Waals surface area (Å²) >= 11 is 0. The summed E-state index contributed by atoms with van der Waals surface area (Å²) in [5.74, 6) is -0.791. The average Bonchev–Trinajstić information content (AvgIpc) is 2.68. The van der Waals surface area contributed by atoms with Gasteiger partial charge in [-0.25, -0.2) is 0 Å². The number of aliphatic hydroxyl groups is 1. The SMILES string of the molecule is CC(O)CN1CCNCCNCCN(CC(=O)O)CC1.CCCCCCCCCC. The number of carboxylic acid groups (broad SMARTS) is 1. The maximum Gasteiger partial charge on any atom is 0.317 e. The van der Waals surface area contributed by atoms with Crippen molar-refractivity contribution in [3.8, 4) is 0 Å².